The van der Waals surface area contributed by atoms with Crippen LogP contribution in [-0.2, 0) is 0 Å². The molecule has 0 spiro atoms. The summed E-state index contributed by atoms with van der Waals surface area (Å²) in [7, 11) is 7.08. The standard InChI is InChI=1S/C14H30N6O2/c1-14(2)10(8-15-12(21)17-19(3)4)7-11(14)9-16-13(22)18-20(5)6/h10-11H,7-9H2,1-6H3,(H2,15,17,21)(H2,16,18,22)/t10-,11-/m1/s1. The van der Waals surface area contributed by atoms with E-state index in [4.69, 9.17) is 0 Å². The van der Waals surface area contributed by atoms with E-state index >= 15 is 0 Å². The van der Waals surface area contributed by atoms with Crippen molar-refractivity contribution in [2.24, 2.45) is 17.3 Å². The van der Waals surface area contributed by atoms with E-state index < -0.39 is 0 Å². The zero-order valence-electron chi connectivity index (χ0n) is 14.5. The normalized spacial score (nSPS) is 22.9. The lowest BCUT2D eigenvalue weighted by atomic mass is 9.54. The van der Waals surface area contributed by atoms with Crippen LogP contribution in [-0.4, -0.2) is 63.4 Å². The SMILES string of the molecule is CN(C)NC(=O)NC[C@H]1C[C@H](CNC(=O)NN(C)C)C1(C)C. The summed E-state index contributed by atoms with van der Waals surface area (Å²) in [6.45, 7) is 5.66. The number of carbonyl (C=O) groups is 2. The average Bonchev–Trinajstić information content (AvgIpc) is 2.34. The summed E-state index contributed by atoms with van der Waals surface area (Å²) in [4.78, 5) is 23.1. The van der Waals surface area contributed by atoms with Gasteiger partial charge >= 0.3 is 12.1 Å². The molecule has 1 saturated carbocycles. The molecule has 1 aliphatic carbocycles. The van der Waals surface area contributed by atoms with Crippen LogP contribution in [0.25, 0.3) is 0 Å². The maximum absolute atomic E-state index is 11.6. The van der Waals surface area contributed by atoms with Crippen LogP contribution < -0.4 is 21.5 Å². The molecule has 0 aliphatic heterocycles. The predicted octanol–water partition coefficient (Wildman–Crippen LogP) is 0.200. The second-order valence-corrected chi connectivity index (χ2v) is 6.88. The minimum atomic E-state index is -0.187. The Balaban J connectivity index is 2.30. The lowest BCUT2D eigenvalue weighted by Crippen LogP contribution is -2.56. The van der Waals surface area contributed by atoms with Crippen molar-refractivity contribution >= 4 is 12.1 Å². The van der Waals surface area contributed by atoms with Gasteiger partial charge in [-0.3, -0.25) is 10.9 Å². The fraction of sp³-hybridized carbons (Fsp3) is 0.857. The van der Waals surface area contributed by atoms with Crippen LogP contribution in [0.5, 0.6) is 0 Å². The maximum Gasteiger partial charge on any atom is 0.329 e. The summed E-state index contributed by atoms with van der Waals surface area (Å²) >= 11 is 0. The first-order valence-electron chi connectivity index (χ1n) is 7.56. The van der Waals surface area contributed by atoms with Gasteiger partial charge in [-0.1, -0.05) is 13.8 Å². The lowest BCUT2D eigenvalue weighted by molar-refractivity contribution is -0.0151. The van der Waals surface area contributed by atoms with Gasteiger partial charge < -0.3 is 10.6 Å². The molecule has 0 saturated heterocycles. The summed E-state index contributed by atoms with van der Waals surface area (Å²) in [6, 6.07) is -0.375. The first kappa shape index (κ1) is 18.5. The van der Waals surface area contributed by atoms with Crippen molar-refractivity contribution in [3.8, 4) is 0 Å². The van der Waals surface area contributed by atoms with Crippen LogP contribution in [0.3, 0.4) is 0 Å². The molecule has 0 aromatic rings. The Bertz CT molecular complexity index is 363. The Morgan fingerprint density at radius 3 is 1.55 bits per heavy atom. The molecule has 8 heteroatoms. The summed E-state index contributed by atoms with van der Waals surface area (Å²) in [5, 5.41) is 8.99. The largest absolute Gasteiger partial charge is 0.337 e. The van der Waals surface area contributed by atoms with Gasteiger partial charge in [0.25, 0.3) is 0 Å². The second kappa shape index (κ2) is 7.64. The smallest absolute Gasteiger partial charge is 0.329 e. The number of urea groups is 2. The van der Waals surface area contributed by atoms with Gasteiger partial charge in [-0.25, -0.2) is 19.6 Å². The number of hydrogen-bond donors (Lipinski definition) is 4. The topological polar surface area (TPSA) is 88.7 Å². The monoisotopic (exact) mass is 314 g/mol. The van der Waals surface area contributed by atoms with Gasteiger partial charge in [-0.05, 0) is 23.7 Å². The molecule has 0 heterocycles. The van der Waals surface area contributed by atoms with Gasteiger partial charge in [-0.15, -0.1) is 0 Å². The van der Waals surface area contributed by atoms with Crippen LogP contribution in [0.1, 0.15) is 20.3 Å². The van der Waals surface area contributed by atoms with Crippen molar-refractivity contribution in [3.05, 3.63) is 0 Å². The third-order valence-corrected chi connectivity index (χ3v) is 4.34. The lowest BCUT2D eigenvalue weighted by Gasteiger charge is -2.52. The van der Waals surface area contributed by atoms with E-state index in [9.17, 15) is 9.59 Å². The van der Waals surface area contributed by atoms with Crippen molar-refractivity contribution in [2.75, 3.05) is 41.3 Å². The molecule has 4 amide bonds. The first-order chi connectivity index (χ1) is 10.1. The molecule has 128 valence electrons. The highest BCUT2D eigenvalue weighted by Gasteiger charge is 2.47. The summed E-state index contributed by atoms with van der Waals surface area (Å²) in [6.07, 6.45) is 0.998. The van der Waals surface area contributed by atoms with Crippen LogP contribution in [0, 0.1) is 17.3 Å². The highest BCUT2D eigenvalue weighted by atomic mass is 16.2. The van der Waals surface area contributed by atoms with Crippen LogP contribution in [0.15, 0.2) is 0 Å². The minimum absolute atomic E-state index is 0.0940. The number of rotatable bonds is 6. The molecule has 0 aromatic carbocycles. The third-order valence-electron chi connectivity index (χ3n) is 4.34. The highest BCUT2D eigenvalue weighted by Crippen LogP contribution is 2.50. The van der Waals surface area contributed by atoms with E-state index in [1.54, 1.807) is 38.2 Å². The van der Waals surface area contributed by atoms with Crippen LogP contribution in [0.4, 0.5) is 9.59 Å². The van der Waals surface area contributed by atoms with Crippen molar-refractivity contribution < 1.29 is 9.59 Å². The van der Waals surface area contributed by atoms with E-state index in [1.165, 1.54) is 0 Å². The molecule has 8 nitrogen and oxygen atoms in total. The van der Waals surface area contributed by atoms with Gasteiger partial charge in [0.1, 0.15) is 0 Å². The zero-order chi connectivity index (χ0) is 16.9. The summed E-state index contributed by atoms with van der Waals surface area (Å²) in [5.74, 6) is 0.841. The minimum Gasteiger partial charge on any atom is -0.337 e. The molecule has 1 rings (SSSR count). The molecule has 4 N–H and O–H groups in total. The fourth-order valence-corrected chi connectivity index (χ4v) is 2.73. The molecule has 0 unspecified atom stereocenters. The van der Waals surface area contributed by atoms with Gasteiger partial charge in [-0.2, -0.15) is 0 Å². The van der Waals surface area contributed by atoms with Gasteiger partial charge in [0, 0.05) is 41.3 Å². The van der Waals surface area contributed by atoms with Crippen molar-refractivity contribution in [1.82, 2.24) is 31.5 Å². The Labute approximate surface area is 132 Å². The third kappa shape index (κ3) is 5.34. The van der Waals surface area contributed by atoms with E-state index in [0.29, 0.717) is 24.9 Å². The number of nitrogens with zero attached hydrogens (tertiary/aromatic N) is 2. The number of amides is 4. The molecule has 0 radical (unpaired) electrons. The van der Waals surface area contributed by atoms with Gasteiger partial charge in [0.05, 0.1) is 0 Å². The van der Waals surface area contributed by atoms with Gasteiger partial charge in [0.15, 0.2) is 0 Å². The molecular weight excluding hydrogens is 284 g/mol. The maximum atomic E-state index is 11.6. The van der Waals surface area contributed by atoms with E-state index in [0.717, 1.165) is 6.42 Å². The average molecular weight is 314 g/mol. The van der Waals surface area contributed by atoms with Crippen molar-refractivity contribution in [1.29, 1.82) is 0 Å². The summed E-state index contributed by atoms with van der Waals surface area (Å²) < 4.78 is 0. The molecule has 0 bridgehead atoms. The number of carbonyl (C=O) groups excluding carboxylic acids is 2. The Morgan fingerprint density at radius 1 is 0.909 bits per heavy atom. The molecule has 1 aliphatic rings. The van der Waals surface area contributed by atoms with E-state index in [1.807, 2.05) is 0 Å². The molecule has 22 heavy (non-hydrogen) atoms. The molecule has 2 atom stereocenters. The van der Waals surface area contributed by atoms with Crippen LogP contribution in [0.2, 0.25) is 0 Å². The zero-order valence-corrected chi connectivity index (χ0v) is 14.5. The van der Waals surface area contributed by atoms with Crippen LogP contribution >= 0.6 is 0 Å². The van der Waals surface area contributed by atoms with Crippen molar-refractivity contribution in [2.45, 2.75) is 20.3 Å². The predicted molar refractivity (Wildman–Crippen MR) is 85.8 cm³/mol. The quantitative estimate of drug-likeness (QED) is 0.527. The first-order valence-corrected chi connectivity index (χ1v) is 7.56. The number of hydrogen-bond acceptors (Lipinski definition) is 4. The Hall–Kier alpha value is -1.54. The number of nitrogens with one attached hydrogen (secondary N) is 4. The molecule has 0 aromatic heterocycles. The second-order valence-electron chi connectivity index (χ2n) is 6.88. The Morgan fingerprint density at radius 2 is 1.27 bits per heavy atom. The highest BCUT2D eigenvalue weighted by molar-refractivity contribution is 5.73. The number of hydrazine groups is 2. The van der Waals surface area contributed by atoms with E-state index in [-0.39, 0.29) is 17.5 Å². The summed E-state index contributed by atoms with van der Waals surface area (Å²) in [5.41, 5.74) is 5.41. The van der Waals surface area contributed by atoms with E-state index in [2.05, 4.69) is 35.3 Å². The molecular formula is C14H30N6O2. The van der Waals surface area contributed by atoms with Crippen molar-refractivity contribution in [3.63, 3.8) is 0 Å². The Kier molecular flexibility index (Phi) is 6.43. The molecule has 1 fully saturated rings. The fourth-order valence-electron chi connectivity index (χ4n) is 2.73. The van der Waals surface area contributed by atoms with Gasteiger partial charge in [0.2, 0.25) is 0 Å².